The van der Waals surface area contributed by atoms with Crippen LogP contribution in [0.2, 0.25) is 0 Å². The molecule has 0 spiro atoms. The molecule has 76 valence electrons. The average Bonchev–Trinajstić information content (AvgIpc) is 2.23. The summed E-state index contributed by atoms with van der Waals surface area (Å²) in [5, 5.41) is 9.79. The molecule has 1 aromatic rings. The standard InChI is InChI=1S/C10H13NO3/c1-13-8-4-2-3-6-9(12)7(11)5-14-10(6)8/h2-4,7,9,12H,5,11H2,1H3/t7-,9-/m1/s1. The molecule has 0 aliphatic carbocycles. The highest BCUT2D eigenvalue weighted by Crippen LogP contribution is 2.38. The van der Waals surface area contributed by atoms with Crippen LogP contribution in [0.4, 0.5) is 0 Å². The van der Waals surface area contributed by atoms with E-state index >= 15 is 0 Å². The lowest BCUT2D eigenvalue weighted by molar-refractivity contribution is 0.0893. The molecule has 1 heterocycles. The number of fused-ring (bicyclic) bond motifs is 1. The van der Waals surface area contributed by atoms with Crippen molar-refractivity contribution in [1.82, 2.24) is 0 Å². The summed E-state index contributed by atoms with van der Waals surface area (Å²) in [5.74, 6) is 1.23. The normalized spacial score (nSPS) is 25.1. The fraction of sp³-hybridized carbons (Fsp3) is 0.400. The number of aliphatic hydroxyl groups is 1. The number of hydrogen-bond donors (Lipinski definition) is 2. The average molecular weight is 195 g/mol. The van der Waals surface area contributed by atoms with Crippen LogP contribution in [0.1, 0.15) is 11.7 Å². The number of hydrogen-bond acceptors (Lipinski definition) is 4. The van der Waals surface area contributed by atoms with E-state index in [0.29, 0.717) is 23.7 Å². The minimum Gasteiger partial charge on any atom is -0.493 e. The highest BCUT2D eigenvalue weighted by Gasteiger charge is 2.28. The van der Waals surface area contributed by atoms with Crippen molar-refractivity contribution >= 4 is 0 Å². The monoisotopic (exact) mass is 195 g/mol. The van der Waals surface area contributed by atoms with Crippen LogP contribution in [0.25, 0.3) is 0 Å². The van der Waals surface area contributed by atoms with E-state index in [1.54, 1.807) is 19.2 Å². The van der Waals surface area contributed by atoms with Crippen molar-refractivity contribution in [2.75, 3.05) is 13.7 Å². The number of para-hydroxylation sites is 1. The molecule has 1 aliphatic rings. The Bertz CT molecular complexity index is 340. The molecule has 14 heavy (non-hydrogen) atoms. The van der Waals surface area contributed by atoms with E-state index in [-0.39, 0.29) is 6.04 Å². The Labute approximate surface area is 82.2 Å². The minimum absolute atomic E-state index is 0.314. The van der Waals surface area contributed by atoms with Gasteiger partial charge in [0.15, 0.2) is 11.5 Å². The van der Waals surface area contributed by atoms with E-state index in [9.17, 15) is 5.11 Å². The van der Waals surface area contributed by atoms with Crippen LogP contribution in [0, 0.1) is 0 Å². The molecule has 0 aromatic heterocycles. The SMILES string of the molecule is COc1cccc2c1OC[C@@H](N)[C@@H]2O. The van der Waals surface area contributed by atoms with Crippen LogP contribution in [-0.2, 0) is 0 Å². The Morgan fingerprint density at radius 3 is 3.07 bits per heavy atom. The largest absolute Gasteiger partial charge is 0.493 e. The molecule has 0 unspecified atom stereocenters. The number of benzene rings is 1. The molecule has 3 N–H and O–H groups in total. The quantitative estimate of drug-likeness (QED) is 0.682. The lowest BCUT2D eigenvalue weighted by Crippen LogP contribution is -2.38. The maximum absolute atomic E-state index is 9.79. The van der Waals surface area contributed by atoms with E-state index in [2.05, 4.69) is 0 Å². The van der Waals surface area contributed by atoms with Crippen molar-refractivity contribution in [3.63, 3.8) is 0 Å². The van der Waals surface area contributed by atoms with Crippen molar-refractivity contribution in [2.24, 2.45) is 5.73 Å². The molecule has 0 saturated carbocycles. The molecule has 1 aromatic carbocycles. The lowest BCUT2D eigenvalue weighted by atomic mass is 9.99. The summed E-state index contributed by atoms with van der Waals surface area (Å²) < 4.78 is 10.5. The van der Waals surface area contributed by atoms with Gasteiger partial charge >= 0.3 is 0 Å². The first-order valence-electron chi connectivity index (χ1n) is 4.47. The van der Waals surface area contributed by atoms with Gasteiger partial charge in [-0.15, -0.1) is 0 Å². The Morgan fingerprint density at radius 1 is 1.57 bits per heavy atom. The second kappa shape index (κ2) is 3.48. The summed E-state index contributed by atoms with van der Waals surface area (Å²) in [6.45, 7) is 0.314. The number of rotatable bonds is 1. The molecule has 2 atom stereocenters. The van der Waals surface area contributed by atoms with E-state index in [4.69, 9.17) is 15.2 Å². The second-order valence-electron chi connectivity index (χ2n) is 3.30. The van der Waals surface area contributed by atoms with E-state index < -0.39 is 6.10 Å². The molecule has 0 amide bonds. The maximum Gasteiger partial charge on any atom is 0.167 e. The van der Waals surface area contributed by atoms with E-state index in [0.717, 1.165) is 0 Å². The summed E-state index contributed by atoms with van der Waals surface area (Å²) in [6, 6.07) is 5.03. The third kappa shape index (κ3) is 1.32. The molecule has 0 saturated heterocycles. The zero-order valence-corrected chi connectivity index (χ0v) is 7.93. The van der Waals surface area contributed by atoms with E-state index in [1.165, 1.54) is 0 Å². The number of aliphatic hydroxyl groups excluding tert-OH is 1. The van der Waals surface area contributed by atoms with Crippen molar-refractivity contribution in [2.45, 2.75) is 12.1 Å². The third-order valence-corrected chi connectivity index (χ3v) is 2.37. The summed E-state index contributed by atoms with van der Waals surface area (Å²) in [4.78, 5) is 0. The topological polar surface area (TPSA) is 64.7 Å². The number of methoxy groups -OCH3 is 1. The lowest BCUT2D eigenvalue weighted by Gasteiger charge is -2.28. The molecule has 0 bridgehead atoms. The van der Waals surface area contributed by atoms with Gasteiger partial charge in [-0.25, -0.2) is 0 Å². The summed E-state index contributed by atoms with van der Waals surface area (Å²) in [6.07, 6.45) is -0.672. The van der Waals surface area contributed by atoms with Gasteiger partial charge in [-0.3, -0.25) is 0 Å². The zero-order valence-electron chi connectivity index (χ0n) is 7.93. The highest BCUT2D eigenvalue weighted by molar-refractivity contribution is 5.49. The van der Waals surface area contributed by atoms with Crippen molar-refractivity contribution in [3.8, 4) is 11.5 Å². The fourth-order valence-electron chi connectivity index (χ4n) is 1.58. The first kappa shape index (κ1) is 9.30. The Hall–Kier alpha value is -1.26. The van der Waals surface area contributed by atoms with Gasteiger partial charge in [-0.1, -0.05) is 12.1 Å². The van der Waals surface area contributed by atoms with Crippen LogP contribution in [0.3, 0.4) is 0 Å². The van der Waals surface area contributed by atoms with Gasteiger partial charge in [0.25, 0.3) is 0 Å². The predicted octanol–water partition coefficient (Wildman–Crippen LogP) is 0.448. The molecule has 2 rings (SSSR count). The minimum atomic E-state index is -0.672. The maximum atomic E-state index is 9.79. The smallest absolute Gasteiger partial charge is 0.167 e. The van der Waals surface area contributed by atoms with Gasteiger partial charge in [0.05, 0.1) is 13.2 Å². The van der Waals surface area contributed by atoms with Gasteiger partial charge in [-0.2, -0.15) is 0 Å². The Kier molecular flexibility index (Phi) is 2.31. The summed E-state index contributed by atoms with van der Waals surface area (Å²) in [7, 11) is 1.57. The molecule has 4 nitrogen and oxygen atoms in total. The first-order valence-corrected chi connectivity index (χ1v) is 4.47. The Morgan fingerprint density at radius 2 is 2.36 bits per heavy atom. The molecular formula is C10H13NO3. The number of nitrogens with two attached hydrogens (primary N) is 1. The molecule has 4 heteroatoms. The van der Waals surface area contributed by atoms with Crippen molar-refractivity contribution in [3.05, 3.63) is 23.8 Å². The predicted molar refractivity (Wildman–Crippen MR) is 51.4 cm³/mol. The fourth-order valence-corrected chi connectivity index (χ4v) is 1.58. The van der Waals surface area contributed by atoms with Crippen molar-refractivity contribution < 1.29 is 14.6 Å². The summed E-state index contributed by atoms with van der Waals surface area (Å²) in [5.41, 5.74) is 6.37. The highest BCUT2D eigenvalue weighted by atomic mass is 16.5. The van der Waals surface area contributed by atoms with Crippen LogP contribution < -0.4 is 15.2 Å². The molecule has 0 fully saturated rings. The molecule has 0 radical (unpaired) electrons. The van der Waals surface area contributed by atoms with Gasteiger partial charge in [-0.05, 0) is 6.07 Å². The molecule has 1 aliphatic heterocycles. The van der Waals surface area contributed by atoms with Crippen LogP contribution in [0.15, 0.2) is 18.2 Å². The number of ether oxygens (including phenoxy) is 2. The Balaban J connectivity index is 2.47. The van der Waals surface area contributed by atoms with Crippen LogP contribution >= 0.6 is 0 Å². The summed E-state index contributed by atoms with van der Waals surface area (Å²) >= 11 is 0. The van der Waals surface area contributed by atoms with Crippen LogP contribution in [-0.4, -0.2) is 24.9 Å². The third-order valence-electron chi connectivity index (χ3n) is 2.37. The first-order chi connectivity index (χ1) is 6.74. The van der Waals surface area contributed by atoms with E-state index in [1.807, 2.05) is 6.07 Å². The second-order valence-corrected chi connectivity index (χ2v) is 3.30. The van der Waals surface area contributed by atoms with Gasteiger partial charge < -0.3 is 20.3 Å². The zero-order chi connectivity index (χ0) is 10.1. The van der Waals surface area contributed by atoms with Crippen molar-refractivity contribution in [1.29, 1.82) is 0 Å². The molecular weight excluding hydrogens is 182 g/mol. The van der Waals surface area contributed by atoms with Gasteiger partial charge in [0, 0.05) is 5.56 Å². The van der Waals surface area contributed by atoms with Crippen LogP contribution in [0.5, 0.6) is 11.5 Å². The van der Waals surface area contributed by atoms with Gasteiger partial charge in [0.1, 0.15) is 12.7 Å². The van der Waals surface area contributed by atoms with Gasteiger partial charge in [0.2, 0.25) is 0 Å².